The average molecular weight is 269 g/mol. The fraction of sp³-hybridized carbons (Fsp3) is 0.867. The zero-order valence-electron chi connectivity index (χ0n) is 14.1. The third-order valence-corrected chi connectivity index (χ3v) is 3.66. The van der Waals surface area contributed by atoms with Gasteiger partial charge in [-0.05, 0) is 46.1 Å². The summed E-state index contributed by atoms with van der Waals surface area (Å²) in [5.41, 5.74) is 0.847. The smallest absolute Gasteiger partial charge is 0.400 e. The van der Waals surface area contributed by atoms with Crippen molar-refractivity contribution >= 4 is 7.12 Å². The lowest BCUT2D eigenvalue weighted by atomic mass is 9.75. The first-order valence-corrected chi connectivity index (χ1v) is 7.68. The summed E-state index contributed by atoms with van der Waals surface area (Å²) in [6.07, 6.45) is 3.21. The van der Waals surface area contributed by atoms with Gasteiger partial charge in [0.25, 0.3) is 0 Å². The molecule has 0 radical (unpaired) electrons. The van der Waals surface area contributed by atoms with E-state index in [0.717, 1.165) is 19.5 Å². The molecule has 112 valence electrons. The molecule has 0 atom stereocenters. The molecule has 19 heavy (non-hydrogen) atoms. The van der Waals surface area contributed by atoms with E-state index in [1.807, 2.05) is 27.7 Å². The maximum atomic E-state index is 5.99. The largest absolute Gasteiger partial charge is 0.490 e. The van der Waals surface area contributed by atoms with Gasteiger partial charge in [0.2, 0.25) is 0 Å². The highest BCUT2D eigenvalue weighted by atomic mass is 16.7. The van der Waals surface area contributed by atoms with Crippen LogP contribution in [0.3, 0.4) is 0 Å². The minimum Gasteiger partial charge on any atom is -0.400 e. The van der Waals surface area contributed by atoms with E-state index in [1.54, 1.807) is 0 Å². The van der Waals surface area contributed by atoms with E-state index in [4.69, 9.17) is 9.31 Å². The van der Waals surface area contributed by atoms with Crippen LogP contribution in [-0.4, -0.2) is 31.4 Å². The highest BCUT2D eigenvalue weighted by Gasteiger charge is 2.52. The van der Waals surface area contributed by atoms with Crippen LogP contribution in [0.1, 0.15) is 61.8 Å². The van der Waals surface area contributed by atoms with E-state index < -0.39 is 0 Å². The number of rotatable bonds is 1. The highest BCUT2D eigenvalue weighted by molar-refractivity contribution is 6.54. The fourth-order valence-corrected chi connectivity index (χ4v) is 1.85. The van der Waals surface area contributed by atoms with Gasteiger partial charge >= 0.3 is 7.12 Å². The highest BCUT2D eigenvalue weighted by Crippen LogP contribution is 2.39. The Labute approximate surface area is 120 Å². The Morgan fingerprint density at radius 3 is 1.84 bits per heavy atom. The van der Waals surface area contributed by atoms with E-state index >= 15 is 0 Å². The molecular formula is C15H32BNO2. The van der Waals surface area contributed by atoms with Crippen molar-refractivity contribution in [2.24, 2.45) is 0 Å². The molecule has 0 aromatic carbocycles. The molecular weight excluding hydrogens is 237 g/mol. The van der Waals surface area contributed by atoms with E-state index in [1.165, 1.54) is 5.47 Å². The maximum absolute atomic E-state index is 5.99. The summed E-state index contributed by atoms with van der Waals surface area (Å²) in [6, 6.07) is 0. The van der Waals surface area contributed by atoms with Crippen molar-refractivity contribution in [1.29, 1.82) is 0 Å². The second-order valence-electron chi connectivity index (χ2n) is 5.32. The Kier molecular flexibility index (Phi) is 7.95. The Balaban J connectivity index is 0.000000741. The summed E-state index contributed by atoms with van der Waals surface area (Å²) in [5, 5.41) is 3.29. The average Bonchev–Trinajstić information content (AvgIpc) is 2.64. The van der Waals surface area contributed by atoms with Crippen LogP contribution in [0.2, 0.25) is 0 Å². The summed E-state index contributed by atoms with van der Waals surface area (Å²) >= 11 is 0. The van der Waals surface area contributed by atoms with Gasteiger partial charge in [0, 0.05) is 6.54 Å². The Bertz CT molecular complexity index is 272. The second-order valence-corrected chi connectivity index (χ2v) is 5.32. The van der Waals surface area contributed by atoms with Gasteiger partial charge in [-0.3, -0.25) is 0 Å². The second kappa shape index (κ2) is 8.08. The van der Waals surface area contributed by atoms with Crippen molar-refractivity contribution in [1.82, 2.24) is 5.32 Å². The molecule has 0 saturated carbocycles. The molecule has 3 nitrogen and oxygen atoms in total. The number of nitrogens with one attached hydrogen (secondary N) is 1. The van der Waals surface area contributed by atoms with Crippen molar-refractivity contribution < 1.29 is 9.31 Å². The fourth-order valence-electron chi connectivity index (χ4n) is 1.85. The number of hydrogen-bond acceptors (Lipinski definition) is 3. The predicted octanol–water partition coefficient (Wildman–Crippen LogP) is 3.59. The van der Waals surface area contributed by atoms with E-state index in [-0.39, 0.29) is 18.3 Å². The molecule has 0 unspecified atom stereocenters. The molecule has 0 aromatic heterocycles. The SMILES string of the molecule is CC.CC.CC1(C)OB(C2=CCNCC2)OC1(C)C. The van der Waals surface area contributed by atoms with Gasteiger partial charge in [0.05, 0.1) is 11.2 Å². The van der Waals surface area contributed by atoms with Crippen molar-refractivity contribution in [3.63, 3.8) is 0 Å². The van der Waals surface area contributed by atoms with Crippen molar-refractivity contribution in [3.05, 3.63) is 11.5 Å². The first kappa shape index (κ1) is 18.7. The van der Waals surface area contributed by atoms with Crippen LogP contribution in [0, 0.1) is 0 Å². The van der Waals surface area contributed by atoms with Crippen molar-refractivity contribution in [2.45, 2.75) is 73.0 Å². The quantitative estimate of drug-likeness (QED) is 0.738. The molecule has 1 N–H and O–H groups in total. The predicted molar refractivity (Wildman–Crippen MR) is 84.3 cm³/mol. The van der Waals surface area contributed by atoms with Gasteiger partial charge in [-0.1, -0.05) is 33.8 Å². The summed E-state index contributed by atoms with van der Waals surface area (Å²) < 4.78 is 12.0. The third-order valence-electron chi connectivity index (χ3n) is 3.66. The van der Waals surface area contributed by atoms with Gasteiger partial charge in [-0.25, -0.2) is 0 Å². The normalized spacial score (nSPS) is 23.6. The van der Waals surface area contributed by atoms with Gasteiger partial charge in [0.15, 0.2) is 0 Å². The summed E-state index contributed by atoms with van der Waals surface area (Å²) in [7, 11) is -0.142. The van der Waals surface area contributed by atoms with Crippen LogP contribution in [0.4, 0.5) is 0 Å². The van der Waals surface area contributed by atoms with Crippen LogP contribution < -0.4 is 5.32 Å². The summed E-state index contributed by atoms with van der Waals surface area (Å²) in [6.45, 7) is 18.3. The molecule has 2 heterocycles. The summed E-state index contributed by atoms with van der Waals surface area (Å²) in [5.74, 6) is 0. The molecule has 0 amide bonds. The van der Waals surface area contributed by atoms with Crippen LogP contribution in [0.25, 0.3) is 0 Å². The zero-order chi connectivity index (χ0) is 15.1. The molecule has 2 rings (SSSR count). The molecule has 1 saturated heterocycles. The molecule has 0 aromatic rings. The molecule has 0 bridgehead atoms. The van der Waals surface area contributed by atoms with Crippen molar-refractivity contribution in [3.8, 4) is 0 Å². The van der Waals surface area contributed by atoms with Crippen LogP contribution in [-0.2, 0) is 9.31 Å². The van der Waals surface area contributed by atoms with Gasteiger partial charge in [-0.15, -0.1) is 0 Å². The minimum absolute atomic E-state index is 0.142. The lowest BCUT2D eigenvalue weighted by Crippen LogP contribution is -2.41. The first-order valence-electron chi connectivity index (χ1n) is 7.68. The van der Waals surface area contributed by atoms with Gasteiger partial charge in [-0.2, -0.15) is 0 Å². The molecule has 1 fully saturated rings. The number of hydrogen-bond donors (Lipinski definition) is 1. The van der Waals surface area contributed by atoms with Crippen LogP contribution in [0.5, 0.6) is 0 Å². The van der Waals surface area contributed by atoms with Crippen LogP contribution in [0.15, 0.2) is 11.5 Å². The lowest BCUT2D eigenvalue weighted by molar-refractivity contribution is 0.00578. The van der Waals surface area contributed by atoms with Crippen LogP contribution >= 0.6 is 0 Å². The third kappa shape index (κ3) is 4.62. The maximum Gasteiger partial charge on any atom is 0.490 e. The monoisotopic (exact) mass is 269 g/mol. The van der Waals surface area contributed by atoms with E-state index in [9.17, 15) is 0 Å². The van der Waals surface area contributed by atoms with E-state index in [0.29, 0.717) is 0 Å². The Morgan fingerprint density at radius 1 is 1.00 bits per heavy atom. The Morgan fingerprint density at radius 2 is 1.47 bits per heavy atom. The standard InChI is InChI=1S/C11H20BNO2.2C2H6/c1-10(2)11(3,4)15-12(14-10)9-5-7-13-8-6-9;2*1-2/h5,13H,6-8H2,1-4H3;2*1-2H3. The molecule has 2 aliphatic heterocycles. The minimum atomic E-state index is -0.219. The first-order chi connectivity index (χ1) is 8.92. The van der Waals surface area contributed by atoms with E-state index in [2.05, 4.69) is 39.1 Å². The zero-order valence-corrected chi connectivity index (χ0v) is 14.1. The summed E-state index contributed by atoms with van der Waals surface area (Å²) in [4.78, 5) is 0. The van der Waals surface area contributed by atoms with Gasteiger partial charge in [0.1, 0.15) is 0 Å². The molecule has 4 heteroatoms. The molecule has 2 aliphatic rings. The molecule has 0 spiro atoms. The van der Waals surface area contributed by atoms with Crippen molar-refractivity contribution in [2.75, 3.05) is 13.1 Å². The molecule has 0 aliphatic carbocycles. The van der Waals surface area contributed by atoms with Gasteiger partial charge < -0.3 is 14.6 Å². The lowest BCUT2D eigenvalue weighted by Gasteiger charge is -2.32. The topological polar surface area (TPSA) is 30.5 Å². The Hall–Kier alpha value is -0.315.